The fourth-order valence-electron chi connectivity index (χ4n) is 3.22. The molecule has 0 saturated heterocycles. The summed E-state index contributed by atoms with van der Waals surface area (Å²) in [6.45, 7) is 0.879. The molecular formula is C20H17N3O4S. The predicted molar refractivity (Wildman–Crippen MR) is 102 cm³/mol. The van der Waals surface area contributed by atoms with Gasteiger partial charge in [-0.15, -0.1) is 0 Å². The molecule has 0 aliphatic heterocycles. The number of carbonyl (C=O) groups is 2. The highest BCUT2D eigenvalue weighted by Crippen LogP contribution is 2.28. The summed E-state index contributed by atoms with van der Waals surface area (Å²) >= 11 is 0. The molecule has 0 bridgehead atoms. The number of sulfonamides is 1. The van der Waals surface area contributed by atoms with Gasteiger partial charge in [-0.2, -0.15) is 0 Å². The van der Waals surface area contributed by atoms with Crippen molar-refractivity contribution in [1.29, 1.82) is 0 Å². The summed E-state index contributed by atoms with van der Waals surface area (Å²) in [5.41, 5.74) is 0.976. The SMILES string of the molecule is O=C1c2ccccc2C(=O)c2cc(S(=O)(=O)NCCCn3ccnc3)ccc21. The van der Waals surface area contributed by atoms with Gasteiger partial charge in [0, 0.05) is 47.7 Å². The molecule has 0 saturated carbocycles. The fourth-order valence-corrected chi connectivity index (χ4v) is 4.32. The van der Waals surface area contributed by atoms with Crippen LogP contribution in [0.2, 0.25) is 0 Å². The number of carbonyl (C=O) groups excluding carboxylic acids is 2. The van der Waals surface area contributed by atoms with Crippen molar-refractivity contribution in [3.63, 3.8) is 0 Å². The van der Waals surface area contributed by atoms with Crippen molar-refractivity contribution in [2.75, 3.05) is 6.54 Å². The molecule has 1 aliphatic carbocycles. The van der Waals surface area contributed by atoms with Gasteiger partial charge in [0.15, 0.2) is 11.6 Å². The Hall–Kier alpha value is -3.10. The number of rotatable bonds is 6. The number of ketones is 2. The van der Waals surface area contributed by atoms with Gasteiger partial charge in [0.05, 0.1) is 11.2 Å². The number of nitrogens with zero attached hydrogens (tertiary/aromatic N) is 2. The van der Waals surface area contributed by atoms with Gasteiger partial charge in [0.25, 0.3) is 0 Å². The molecule has 2 aromatic carbocycles. The molecule has 28 heavy (non-hydrogen) atoms. The first-order chi connectivity index (χ1) is 13.5. The van der Waals surface area contributed by atoms with Gasteiger partial charge in [-0.1, -0.05) is 24.3 Å². The first kappa shape index (κ1) is 18.3. The Morgan fingerprint density at radius 3 is 2.29 bits per heavy atom. The van der Waals surface area contributed by atoms with Crippen LogP contribution in [0.4, 0.5) is 0 Å². The summed E-state index contributed by atoms with van der Waals surface area (Å²) in [6, 6.07) is 10.6. The highest BCUT2D eigenvalue weighted by Gasteiger charge is 2.30. The monoisotopic (exact) mass is 395 g/mol. The lowest BCUT2D eigenvalue weighted by molar-refractivity contribution is 0.0979. The summed E-state index contributed by atoms with van der Waals surface area (Å²) in [5, 5.41) is 0. The molecule has 0 unspecified atom stereocenters. The Morgan fingerprint density at radius 2 is 1.61 bits per heavy atom. The second kappa shape index (κ2) is 7.14. The molecule has 0 amide bonds. The molecule has 3 aromatic rings. The zero-order chi connectivity index (χ0) is 19.7. The lowest BCUT2D eigenvalue weighted by Gasteiger charge is -2.18. The van der Waals surface area contributed by atoms with E-state index in [2.05, 4.69) is 9.71 Å². The highest BCUT2D eigenvalue weighted by atomic mass is 32.2. The summed E-state index contributed by atoms with van der Waals surface area (Å²) in [4.78, 5) is 29.3. The van der Waals surface area contributed by atoms with Crippen molar-refractivity contribution in [3.8, 4) is 0 Å². The first-order valence-electron chi connectivity index (χ1n) is 8.75. The van der Waals surface area contributed by atoms with Crippen molar-refractivity contribution in [1.82, 2.24) is 14.3 Å². The van der Waals surface area contributed by atoms with Gasteiger partial charge in [-0.3, -0.25) is 9.59 Å². The van der Waals surface area contributed by atoms with Crippen LogP contribution >= 0.6 is 0 Å². The van der Waals surface area contributed by atoms with E-state index in [0.29, 0.717) is 24.1 Å². The van der Waals surface area contributed by atoms with Crippen LogP contribution in [0.1, 0.15) is 38.3 Å². The third-order valence-corrected chi connectivity index (χ3v) is 6.11. The Morgan fingerprint density at radius 1 is 0.929 bits per heavy atom. The molecule has 1 heterocycles. The van der Waals surface area contributed by atoms with Crippen LogP contribution in [0.3, 0.4) is 0 Å². The Labute approximate surface area is 162 Å². The van der Waals surface area contributed by atoms with Crippen LogP contribution in [0.25, 0.3) is 0 Å². The smallest absolute Gasteiger partial charge is 0.240 e. The molecule has 0 fully saturated rings. The molecule has 7 nitrogen and oxygen atoms in total. The second-order valence-corrected chi connectivity index (χ2v) is 8.23. The number of hydrogen-bond donors (Lipinski definition) is 1. The second-order valence-electron chi connectivity index (χ2n) is 6.46. The number of hydrogen-bond acceptors (Lipinski definition) is 5. The summed E-state index contributed by atoms with van der Waals surface area (Å²) in [5.74, 6) is -0.621. The predicted octanol–water partition coefficient (Wildman–Crippen LogP) is 2.03. The van der Waals surface area contributed by atoms with E-state index >= 15 is 0 Å². The average molecular weight is 395 g/mol. The minimum atomic E-state index is -3.79. The topological polar surface area (TPSA) is 98.1 Å². The van der Waals surface area contributed by atoms with E-state index in [1.807, 2.05) is 4.57 Å². The molecule has 4 rings (SSSR count). The summed E-state index contributed by atoms with van der Waals surface area (Å²) < 4.78 is 29.6. The van der Waals surface area contributed by atoms with E-state index < -0.39 is 10.0 Å². The largest absolute Gasteiger partial charge is 0.337 e. The number of fused-ring (bicyclic) bond motifs is 2. The van der Waals surface area contributed by atoms with Crippen LogP contribution in [0, 0.1) is 0 Å². The minimum absolute atomic E-state index is 0.0330. The van der Waals surface area contributed by atoms with Crippen LogP contribution in [0.15, 0.2) is 66.1 Å². The zero-order valence-electron chi connectivity index (χ0n) is 14.8. The van der Waals surface area contributed by atoms with Gasteiger partial charge in [0.2, 0.25) is 10.0 Å². The normalized spacial score (nSPS) is 13.3. The van der Waals surface area contributed by atoms with Crippen LogP contribution in [-0.4, -0.2) is 36.1 Å². The van der Waals surface area contributed by atoms with Crippen molar-refractivity contribution < 1.29 is 18.0 Å². The lowest BCUT2D eigenvalue weighted by Crippen LogP contribution is -2.27. The van der Waals surface area contributed by atoms with Crippen LogP contribution in [0.5, 0.6) is 0 Å². The molecule has 0 spiro atoms. The van der Waals surface area contributed by atoms with E-state index in [1.54, 1.807) is 43.0 Å². The van der Waals surface area contributed by atoms with E-state index in [4.69, 9.17) is 0 Å². The van der Waals surface area contributed by atoms with Gasteiger partial charge in [-0.05, 0) is 24.6 Å². The maximum Gasteiger partial charge on any atom is 0.240 e. The van der Waals surface area contributed by atoms with Crippen molar-refractivity contribution >= 4 is 21.6 Å². The van der Waals surface area contributed by atoms with Gasteiger partial charge in [-0.25, -0.2) is 18.1 Å². The fraction of sp³-hybridized carbons (Fsp3) is 0.150. The average Bonchev–Trinajstić information content (AvgIpc) is 3.22. The van der Waals surface area contributed by atoms with Crippen LogP contribution < -0.4 is 4.72 Å². The summed E-state index contributed by atoms with van der Waals surface area (Å²) in [7, 11) is -3.79. The number of benzene rings is 2. The Balaban J connectivity index is 1.54. The Bertz CT molecular complexity index is 1170. The van der Waals surface area contributed by atoms with E-state index in [9.17, 15) is 18.0 Å². The van der Waals surface area contributed by atoms with E-state index in [0.717, 1.165) is 0 Å². The molecule has 1 N–H and O–H groups in total. The molecule has 1 aliphatic rings. The highest BCUT2D eigenvalue weighted by molar-refractivity contribution is 7.89. The Kier molecular flexibility index (Phi) is 4.66. The molecule has 1 aromatic heterocycles. The van der Waals surface area contributed by atoms with Gasteiger partial charge >= 0.3 is 0 Å². The number of aromatic nitrogens is 2. The number of nitrogens with one attached hydrogen (secondary N) is 1. The molecule has 142 valence electrons. The van der Waals surface area contributed by atoms with E-state index in [1.165, 1.54) is 18.2 Å². The summed E-state index contributed by atoms with van der Waals surface area (Å²) in [6.07, 6.45) is 5.72. The number of imidazole rings is 1. The zero-order valence-corrected chi connectivity index (χ0v) is 15.6. The van der Waals surface area contributed by atoms with Crippen LogP contribution in [-0.2, 0) is 16.6 Å². The quantitative estimate of drug-likeness (QED) is 0.504. The molecular weight excluding hydrogens is 378 g/mol. The third-order valence-electron chi connectivity index (χ3n) is 4.65. The molecule has 0 atom stereocenters. The first-order valence-corrected chi connectivity index (χ1v) is 10.2. The standard InChI is InChI=1S/C20H17N3O4S/c24-19-15-4-1-2-5-16(15)20(25)18-12-14(6-7-17(18)19)28(26,27)22-8-3-10-23-11-9-21-13-23/h1-2,4-7,9,11-13,22H,3,8,10H2. The van der Waals surface area contributed by atoms with Crippen molar-refractivity contribution in [2.45, 2.75) is 17.9 Å². The maximum absolute atomic E-state index is 12.7. The van der Waals surface area contributed by atoms with Crippen molar-refractivity contribution in [3.05, 3.63) is 83.4 Å². The third kappa shape index (κ3) is 3.28. The van der Waals surface area contributed by atoms with E-state index in [-0.39, 0.29) is 34.1 Å². The van der Waals surface area contributed by atoms with Gasteiger partial charge in [0.1, 0.15) is 0 Å². The van der Waals surface area contributed by atoms with Crippen molar-refractivity contribution in [2.24, 2.45) is 0 Å². The maximum atomic E-state index is 12.7. The van der Waals surface area contributed by atoms with Gasteiger partial charge < -0.3 is 4.57 Å². The number of aryl methyl sites for hydroxylation is 1. The lowest BCUT2D eigenvalue weighted by atomic mass is 9.84. The molecule has 0 radical (unpaired) electrons. The minimum Gasteiger partial charge on any atom is -0.337 e. The molecule has 8 heteroatoms.